The number of hydrogen-bond acceptors (Lipinski definition) is 3. The normalized spacial score (nSPS) is 29.8. The number of nitrogens with two attached hydrogens (primary N) is 1. The van der Waals surface area contributed by atoms with Crippen LogP contribution in [0.3, 0.4) is 0 Å². The van der Waals surface area contributed by atoms with E-state index < -0.39 is 10.2 Å². The topological polar surface area (TPSA) is 63.4 Å². The third kappa shape index (κ3) is 2.59. The first kappa shape index (κ1) is 11.3. The van der Waals surface area contributed by atoms with Gasteiger partial charge in [0.05, 0.1) is 0 Å². The highest BCUT2D eigenvalue weighted by atomic mass is 32.2. The molecule has 0 radical (unpaired) electrons. The van der Waals surface area contributed by atoms with Crippen molar-refractivity contribution in [1.82, 2.24) is 4.31 Å². The molecule has 2 N–H and O–H groups in total. The number of hydrogen-bond donors (Lipinski definition) is 1. The summed E-state index contributed by atoms with van der Waals surface area (Å²) in [5.74, 6) is 0. The third-order valence-electron chi connectivity index (χ3n) is 2.59. The Labute approximate surface area is 84.0 Å². The van der Waals surface area contributed by atoms with Gasteiger partial charge in [0.15, 0.2) is 0 Å². The highest BCUT2D eigenvalue weighted by molar-refractivity contribution is 7.99. The van der Waals surface area contributed by atoms with E-state index in [9.17, 15) is 8.42 Å². The monoisotopic (exact) mass is 224 g/mol. The quantitative estimate of drug-likeness (QED) is 0.755. The van der Waals surface area contributed by atoms with Crippen LogP contribution < -0.4 is 5.14 Å². The van der Waals surface area contributed by atoms with Crippen molar-refractivity contribution < 1.29 is 8.42 Å². The second-order valence-corrected chi connectivity index (χ2v) is 6.02. The summed E-state index contributed by atoms with van der Waals surface area (Å²) in [6.07, 6.45) is 5.13. The minimum Gasteiger partial charge on any atom is -0.216 e. The van der Waals surface area contributed by atoms with E-state index in [1.807, 2.05) is 6.26 Å². The van der Waals surface area contributed by atoms with Crippen molar-refractivity contribution in [3.05, 3.63) is 0 Å². The SMILES string of the molecule is CSC1CCCC1N(C)S(N)(=O)=O. The molecule has 0 spiro atoms. The van der Waals surface area contributed by atoms with E-state index >= 15 is 0 Å². The molecule has 0 aromatic heterocycles. The maximum atomic E-state index is 11.1. The van der Waals surface area contributed by atoms with Gasteiger partial charge in [-0.1, -0.05) is 6.42 Å². The van der Waals surface area contributed by atoms with E-state index in [2.05, 4.69) is 0 Å². The van der Waals surface area contributed by atoms with Gasteiger partial charge in [-0.3, -0.25) is 0 Å². The standard InChI is InChI=1S/C7H16N2O2S2/c1-9(13(8,10)11)6-4-3-5-7(6)12-2/h6-7H,3-5H2,1-2H3,(H2,8,10,11). The van der Waals surface area contributed by atoms with Gasteiger partial charge in [0, 0.05) is 18.3 Å². The summed E-state index contributed by atoms with van der Waals surface area (Å²) in [6, 6.07) is 0.0880. The van der Waals surface area contributed by atoms with Gasteiger partial charge in [-0.2, -0.15) is 24.5 Å². The highest BCUT2D eigenvalue weighted by Gasteiger charge is 2.33. The van der Waals surface area contributed by atoms with Gasteiger partial charge in [0.2, 0.25) is 0 Å². The summed E-state index contributed by atoms with van der Waals surface area (Å²) in [6.45, 7) is 0. The summed E-state index contributed by atoms with van der Waals surface area (Å²) < 4.78 is 23.5. The van der Waals surface area contributed by atoms with Crippen LogP contribution in [0, 0.1) is 0 Å². The molecule has 2 atom stereocenters. The zero-order valence-electron chi connectivity index (χ0n) is 7.93. The maximum Gasteiger partial charge on any atom is 0.276 e. The van der Waals surface area contributed by atoms with Crippen molar-refractivity contribution in [3.63, 3.8) is 0 Å². The van der Waals surface area contributed by atoms with Crippen molar-refractivity contribution >= 4 is 22.0 Å². The molecule has 0 aliphatic heterocycles. The van der Waals surface area contributed by atoms with Gasteiger partial charge < -0.3 is 0 Å². The summed E-state index contributed by atoms with van der Waals surface area (Å²) >= 11 is 1.72. The van der Waals surface area contributed by atoms with Crippen molar-refractivity contribution in [1.29, 1.82) is 0 Å². The van der Waals surface area contributed by atoms with Crippen LogP contribution in [0.4, 0.5) is 0 Å². The molecule has 1 aliphatic carbocycles. The van der Waals surface area contributed by atoms with E-state index in [1.54, 1.807) is 18.8 Å². The Morgan fingerprint density at radius 2 is 2.08 bits per heavy atom. The van der Waals surface area contributed by atoms with Crippen molar-refractivity contribution in [2.75, 3.05) is 13.3 Å². The van der Waals surface area contributed by atoms with Crippen molar-refractivity contribution in [2.45, 2.75) is 30.6 Å². The largest absolute Gasteiger partial charge is 0.276 e. The summed E-state index contributed by atoms with van der Waals surface area (Å²) in [4.78, 5) is 0. The van der Waals surface area contributed by atoms with Crippen molar-refractivity contribution in [2.24, 2.45) is 5.14 Å². The molecule has 0 aromatic rings. The lowest BCUT2D eigenvalue weighted by molar-refractivity contribution is 0.379. The van der Waals surface area contributed by atoms with Gasteiger partial charge in [0.1, 0.15) is 0 Å². The third-order valence-corrected chi connectivity index (χ3v) is 4.82. The Kier molecular flexibility index (Phi) is 3.62. The Balaban J connectivity index is 2.71. The van der Waals surface area contributed by atoms with Crippen LogP contribution in [0.25, 0.3) is 0 Å². The van der Waals surface area contributed by atoms with E-state index in [0.717, 1.165) is 19.3 Å². The zero-order valence-corrected chi connectivity index (χ0v) is 9.57. The molecule has 1 saturated carbocycles. The second kappa shape index (κ2) is 4.16. The van der Waals surface area contributed by atoms with Crippen LogP contribution in [0.5, 0.6) is 0 Å². The van der Waals surface area contributed by atoms with Crippen LogP contribution >= 0.6 is 11.8 Å². The molecule has 6 heteroatoms. The van der Waals surface area contributed by atoms with Crippen LogP contribution in [-0.2, 0) is 10.2 Å². The fourth-order valence-electron chi connectivity index (χ4n) is 1.79. The fraction of sp³-hybridized carbons (Fsp3) is 1.00. The first-order valence-corrected chi connectivity index (χ1v) is 7.04. The summed E-state index contributed by atoms with van der Waals surface area (Å²) in [5, 5.41) is 5.47. The molecular formula is C7H16N2O2S2. The first-order chi connectivity index (χ1) is 5.96. The molecule has 1 fully saturated rings. The lowest BCUT2D eigenvalue weighted by Crippen LogP contribution is -2.43. The highest BCUT2D eigenvalue weighted by Crippen LogP contribution is 2.32. The summed E-state index contributed by atoms with van der Waals surface area (Å²) in [7, 11) is -1.95. The summed E-state index contributed by atoms with van der Waals surface area (Å²) in [5.41, 5.74) is 0. The van der Waals surface area contributed by atoms with Gasteiger partial charge in [-0.15, -0.1) is 0 Å². The number of rotatable bonds is 3. The lowest BCUT2D eigenvalue weighted by Gasteiger charge is -2.25. The predicted molar refractivity (Wildman–Crippen MR) is 55.8 cm³/mol. The number of nitrogens with zero attached hydrogens (tertiary/aromatic N) is 1. The molecule has 13 heavy (non-hydrogen) atoms. The Hall–Kier alpha value is 0.220. The minimum absolute atomic E-state index is 0.0880. The van der Waals surface area contributed by atoms with E-state index in [-0.39, 0.29) is 6.04 Å². The molecule has 0 saturated heterocycles. The molecule has 1 rings (SSSR count). The smallest absolute Gasteiger partial charge is 0.216 e. The molecule has 4 nitrogen and oxygen atoms in total. The van der Waals surface area contributed by atoms with Crippen LogP contribution in [0.15, 0.2) is 0 Å². The first-order valence-electron chi connectivity index (χ1n) is 4.25. The molecule has 0 bridgehead atoms. The average molecular weight is 224 g/mol. The lowest BCUT2D eigenvalue weighted by atomic mass is 10.2. The Bertz CT molecular complexity index is 266. The van der Waals surface area contributed by atoms with Crippen LogP contribution in [0.2, 0.25) is 0 Å². The van der Waals surface area contributed by atoms with Gasteiger partial charge >= 0.3 is 0 Å². The van der Waals surface area contributed by atoms with Gasteiger partial charge in [0.25, 0.3) is 10.2 Å². The molecule has 78 valence electrons. The Morgan fingerprint density at radius 3 is 2.54 bits per heavy atom. The van der Waals surface area contributed by atoms with E-state index in [1.165, 1.54) is 4.31 Å². The van der Waals surface area contributed by atoms with E-state index in [0.29, 0.717) is 5.25 Å². The molecule has 0 amide bonds. The fourth-order valence-corrected chi connectivity index (χ4v) is 3.53. The van der Waals surface area contributed by atoms with Crippen LogP contribution in [-0.4, -0.2) is 37.3 Å². The molecule has 0 aromatic carbocycles. The number of thioether (sulfide) groups is 1. The molecular weight excluding hydrogens is 208 g/mol. The van der Waals surface area contributed by atoms with E-state index in [4.69, 9.17) is 5.14 Å². The maximum absolute atomic E-state index is 11.1. The van der Waals surface area contributed by atoms with Gasteiger partial charge in [-0.05, 0) is 19.1 Å². The van der Waals surface area contributed by atoms with Gasteiger partial charge in [-0.25, -0.2) is 5.14 Å². The second-order valence-electron chi connectivity index (χ2n) is 3.33. The van der Waals surface area contributed by atoms with Crippen LogP contribution in [0.1, 0.15) is 19.3 Å². The minimum atomic E-state index is -3.51. The zero-order chi connectivity index (χ0) is 10.1. The molecule has 2 unspecified atom stereocenters. The molecule has 0 heterocycles. The Morgan fingerprint density at radius 1 is 1.46 bits per heavy atom. The molecule has 1 aliphatic rings. The van der Waals surface area contributed by atoms with Crippen molar-refractivity contribution in [3.8, 4) is 0 Å². The predicted octanol–water partition coefficient (Wildman–Crippen LogP) is 0.406. The average Bonchev–Trinajstić information content (AvgIpc) is 2.48.